The molecule has 17 heavy (non-hydrogen) atoms. The first-order valence-electron chi connectivity index (χ1n) is 6.82. The van der Waals surface area contributed by atoms with Gasteiger partial charge in [0.2, 0.25) is 5.91 Å². The number of nitrogens with one attached hydrogen (secondary N) is 1. The first-order chi connectivity index (χ1) is 8.19. The Morgan fingerprint density at radius 3 is 2.76 bits per heavy atom. The number of hydrogen-bond acceptors (Lipinski definition) is 3. The predicted octanol–water partition coefficient (Wildman–Crippen LogP) is 1.05. The minimum absolute atomic E-state index is 0.0560. The van der Waals surface area contributed by atoms with Crippen LogP contribution in [0.25, 0.3) is 0 Å². The molecule has 4 unspecified atom stereocenters. The smallest absolute Gasteiger partial charge is 0.249 e. The van der Waals surface area contributed by atoms with Crippen molar-refractivity contribution in [2.75, 3.05) is 13.1 Å². The third kappa shape index (κ3) is 3.42. The van der Waals surface area contributed by atoms with E-state index in [0.29, 0.717) is 12.5 Å². The van der Waals surface area contributed by atoms with Gasteiger partial charge < -0.3 is 15.8 Å². The summed E-state index contributed by atoms with van der Waals surface area (Å²) < 4.78 is 5.57. The summed E-state index contributed by atoms with van der Waals surface area (Å²) in [6, 6.07) is 0. The van der Waals surface area contributed by atoms with Crippen molar-refractivity contribution >= 4 is 5.91 Å². The van der Waals surface area contributed by atoms with Gasteiger partial charge in [-0.2, -0.15) is 0 Å². The Morgan fingerprint density at radius 2 is 2.18 bits per heavy atom. The van der Waals surface area contributed by atoms with Gasteiger partial charge in [-0.3, -0.25) is 4.79 Å². The predicted molar refractivity (Wildman–Crippen MR) is 66.5 cm³/mol. The lowest BCUT2D eigenvalue weighted by Gasteiger charge is -2.15. The molecule has 3 N–H and O–H groups in total. The number of ether oxygens (including phenoxy) is 1. The zero-order valence-corrected chi connectivity index (χ0v) is 10.7. The lowest BCUT2D eigenvalue weighted by atomic mass is 10.1. The van der Waals surface area contributed by atoms with Gasteiger partial charge in [0, 0.05) is 13.1 Å². The average Bonchev–Trinajstić information content (AvgIpc) is 2.94. The van der Waals surface area contributed by atoms with E-state index in [2.05, 4.69) is 12.2 Å². The molecule has 4 nitrogen and oxygen atoms in total. The number of amides is 1. The van der Waals surface area contributed by atoms with Crippen LogP contribution in [0.1, 0.15) is 39.0 Å². The van der Waals surface area contributed by atoms with Gasteiger partial charge in [0.1, 0.15) is 6.10 Å². The van der Waals surface area contributed by atoms with Gasteiger partial charge in [0.25, 0.3) is 0 Å². The second-order valence-electron chi connectivity index (χ2n) is 5.59. The Bertz CT molecular complexity index is 270. The summed E-state index contributed by atoms with van der Waals surface area (Å²) in [4.78, 5) is 11.9. The van der Waals surface area contributed by atoms with E-state index in [4.69, 9.17) is 10.5 Å². The molecule has 0 aromatic heterocycles. The lowest BCUT2D eigenvalue weighted by molar-refractivity contribution is -0.132. The van der Waals surface area contributed by atoms with Crippen molar-refractivity contribution in [3.05, 3.63) is 0 Å². The van der Waals surface area contributed by atoms with E-state index in [1.54, 1.807) is 0 Å². The summed E-state index contributed by atoms with van der Waals surface area (Å²) in [5, 5.41) is 3.03. The Morgan fingerprint density at radius 1 is 1.35 bits per heavy atom. The second kappa shape index (κ2) is 5.83. The molecule has 1 saturated heterocycles. The average molecular weight is 240 g/mol. The van der Waals surface area contributed by atoms with Gasteiger partial charge in [-0.05, 0) is 37.5 Å². The molecule has 4 atom stereocenters. The third-order valence-electron chi connectivity index (χ3n) is 4.03. The van der Waals surface area contributed by atoms with E-state index in [0.717, 1.165) is 25.3 Å². The van der Waals surface area contributed by atoms with E-state index in [-0.39, 0.29) is 18.1 Å². The fraction of sp³-hybridized carbons (Fsp3) is 0.923. The van der Waals surface area contributed by atoms with E-state index in [9.17, 15) is 4.79 Å². The monoisotopic (exact) mass is 240 g/mol. The molecule has 1 aliphatic heterocycles. The zero-order valence-electron chi connectivity index (χ0n) is 10.7. The molecule has 0 radical (unpaired) electrons. The highest BCUT2D eigenvalue weighted by atomic mass is 16.5. The molecule has 2 aliphatic rings. The van der Waals surface area contributed by atoms with E-state index in [1.807, 2.05) is 0 Å². The van der Waals surface area contributed by atoms with Crippen LogP contribution >= 0.6 is 0 Å². The molecule has 2 fully saturated rings. The molecule has 2 rings (SSSR count). The zero-order chi connectivity index (χ0) is 12.3. The van der Waals surface area contributed by atoms with Crippen molar-refractivity contribution in [1.29, 1.82) is 0 Å². The highest BCUT2D eigenvalue weighted by molar-refractivity contribution is 5.81. The minimum Gasteiger partial charge on any atom is -0.364 e. The van der Waals surface area contributed by atoms with Crippen molar-refractivity contribution < 1.29 is 9.53 Å². The first-order valence-corrected chi connectivity index (χ1v) is 6.82. The van der Waals surface area contributed by atoms with Crippen molar-refractivity contribution in [3.8, 4) is 0 Å². The van der Waals surface area contributed by atoms with Crippen LogP contribution in [-0.4, -0.2) is 31.2 Å². The fourth-order valence-corrected chi connectivity index (χ4v) is 2.94. The van der Waals surface area contributed by atoms with Crippen molar-refractivity contribution in [2.45, 2.75) is 51.2 Å². The summed E-state index contributed by atoms with van der Waals surface area (Å²) in [5.74, 6) is 1.54. The maximum Gasteiger partial charge on any atom is 0.249 e. The Hall–Kier alpha value is -0.610. The lowest BCUT2D eigenvalue weighted by Crippen LogP contribution is -2.37. The van der Waals surface area contributed by atoms with Crippen LogP contribution < -0.4 is 11.1 Å². The normalized spacial score (nSPS) is 37.3. The van der Waals surface area contributed by atoms with Crippen LogP contribution in [0.2, 0.25) is 0 Å². The molecule has 1 aliphatic carbocycles. The van der Waals surface area contributed by atoms with Crippen molar-refractivity contribution in [2.24, 2.45) is 17.6 Å². The Kier molecular flexibility index (Phi) is 4.40. The molecule has 1 heterocycles. The Labute approximate surface area is 103 Å². The SMILES string of the molecule is CC1CCC(CNC(=O)C2CCC(CN)O2)C1. The maximum atomic E-state index is 11.9. The van der Waals surface area contributed by atoms with E-state index in [1.165, 1.54) is 19.3 Å². The van der Waals surface area contributed by atoms with Crippen LogP contribution in [0.4, 0.5) is 0 Å². The van der Waals surface area contributed by atoms with Gasteiger partial charge in [-0.15, -0.1) is 0 Å². The molecule has 4 heteroatoms. The molecule has 1 amide bonds. The van der Waals surface area contributed by atoms with E-state index < -0.39 is 0 Å². The molecule has 0 aromatic carbocycles. The molecule has 1 saturated carbocycles. The maximum absolute atomic E-state index is 11.9. The molecule has 0 aromatic rings. The van der Waals surface area contributed by atoms with Gasteiger partial charge >= 0.3 is 0 Å². The molecule has 0 spiro atoms. The number of hydrogen-bond donors (Lipinski definition) is 2. The standard InChI is InChI=1S/C13H24N2O2/c1-9-2-3-10(6-9)8-15-13(16)12-5-4-11(7-14)17-12/h9-12H,2-8,14H2,1H3,(H,15,16). The van der Waals surface area contributed by atoms with Gasteiger partial charge in [-0.1, -0.05) is 13.3 Å². The van der Waals surface area contributed by atoms with Crippen molar-refractivity contribution in [3.63, 3.8) is 0 Å². The van der Waals surface area contributed by atoms with Crippen LogP contribution in [0.15, 0.2) is 0 Å². The fourth-order valence-electron chi connectivity index (χ4n) is 2.94. The highest BCUT2D eigenvalue weighted by Gasteiger charge is 2.30. The number of carbonyl (C=O) groups is 1. The Balaban J connectivity index is 1.67. The summed E-state index contributed by atoms with van der Waals surface area (Å²) in [5.41, 5.74) is 5.53. The number of nitrogens with two attached hydrogens (primary N) is 1. The van der Waals surface area contributed by atoms with E-state index >= 15 is 0 Å². The highest BCUT2D eigenvalue weighted by Crippen LogP contribution is 2.29. The van der Waals surface area contributed by atoms with Crippen LogP contribution in [0.3, 0.4) is 0 Å². The third-order valence-corrected chi connectivity index (χ3v) is 4.03. The summed E-state index contributed by atoms with van der Waals surface area (Å²) >= 11 is 0. The summed E-state index contributed by atoms with van der Waals surface area (Å²) in [6.45, 7) is 3.62. The first kappa shape index (κ1) is 12.8. The van der Waals surface area contributed by atoms with Gasteiger partial charge in [0.05, 0.1) is 6.10 Å². The van der Waals surface area contributed by atoms with Crippen LogP contribution in [-0.2, 0) is 9.53 Å². The second-order valence-corrected chi connectivity index (χ2v) is 5.59. The molecule has 0 bridgehead atoms. The molecule has 98 valence electrons. The summed E-state index contributed by atoms with van der Waals surface area (Å²) in [7, 11) is 0. The quantitative estimate of drug-likeness (QED) is 0.772. The van der Waals surface area contributed by atoms with Gasteiger partial charge in [0.15, 0.2) is 0 Å². The van der Waals surface area contributed by atoms with Gasteiger partial charge in [-0.25, -0.2) is 0 Å². The summed E-state index contributed by atoms with van der Waals surface area (Å²) in [6.07, 6.45) is 5.34. The largest absolute Gasteiger partial charge is 0.364 e. The van der Waals surface area contributed by atoms with Crippen LogP contribution in [0, 0.1) is 11.8 Å². The molecular formula is C13H24N2O2. The molecular weight excluding hydrogens is 216 g/mol. The van der Waals surface area contributed by atoms with Crippen LogP contribution in [0.5, 0.6) is 0 Å². The minimum atomic E-state index is -0.262. The number of rotatable bonds is 4. The van der Waals surface area contributed by atoms with Crippen molar-refractivity contribution in [1.82, 2.24) is 5.32 Å². The topological polar surface area (TPSA) is 64.4 Å². The number of carbonyl (C=O) groups excluding carboxylic acids is 1.